The number of anilines is 1. The molecule has 256 valence electrons. The summed E-state index contributed by atoms with van der Waals surface area (Å²) in [6.45, 7) is 1.64. The number of piperazine rings is 1. The molecule has 3 heterocycles. The number of hydrogen-bond acceptors (Lipinski definition) is 7. The first-order valence-corrected chi connectivity index (χ1v) is 17.4. The molecule has 0 radical (unpaired) electrons. The van der Waals surface area contributed by atoms with Gasteiger partial charge in [-0.3, -0.25) is 14.4 Å². The summed E-state index contributed by atoms with van der Waals surface area (Å²) in [7, 11) is -1.98. The van der Waals surface area contributed by atoms with Gasteiger partial charge in [-0.25, -0.2) is 13.4 Å². The highest BCUT2D eigenvalue weighted by molar-refractivity contribution is 9.10. The van der Waals surface area contributed by atoms with E-state index < -0.39 is 22.8 Å². The van der Waals surface area contributed by atoms with E-state index in [9.17, 15) is 26.4 Å². The van der Waals surface area contributed by atoms with Gasteiger partial charge in [-0.05, 0) is 60.2 Å². The normalized spacial score (nSPS) is 14.2. The number of carbonyl (C=O) groups excluding carboxylic acids is 1. The van der Waals surface area contributed by atoms with Crippen molar-refractivity contribution in [3.63, 3.8) is 0 Å². The van der Waals surface area contributed by atoms with E-state index in [4.69, 9.17) is 9.47 Å². The van der Waals surface area contributed by atoms with Crippen LogP contribution in [0, 0.1) is 0 Å². The third kappa shape index (κ3) is 8.53. The van der Waals surface area contributed by atoms with E-state index >= 15 is 0 Å². The van der Waals surface area contributed by atoms with E-state index in [1.54, 1.807) is 42.5 Å². The van der Waals surface area contributed by atoms with Crippen molar-refractivity contribution in [2.45, 2.75) is 17.6 Å². The van der Waals surface area contributed by atoms with Gasteiger partial charge in [-0.1, -0.05) is 34.1 Å². The van der Waals surface area contributed by atoms with E-state index in [-0.39, 0.29) is 28.1 Å². The fourth-order valence-corrected chi connectivity index (χ4v) is 7.07. The van der Waals surface area contributed by atoms with Crippen LogP contribution in [-0.4, -0.2) is 72.6 Å². The van der Waals surface area contributed by atoms with E-state index in [2.05, 4.69) is 30.5 Å². The summed E-state index contributed by atoms with van der Waals surface area (Å²) in [6.07, 6.45) is -3.02. The summed E-state index contributed by atoms with van der Waals surface area (Å²) in [5.41, 5.74) is 2.55. The Balaban J connectivity index is 1.04. The molecule has 3 aromatic carbocycles. The molecule has 2 aromatic heterocycles. The zero-order valence-electron chi connectivity index (χ0n) is 26.2. The Morgan fingerprint density at radius 2 is 1.67 bits per heavy atom. The number of aromatic nitrogens is 2. The first kappa shape index (κ1) is 34.3. The molecule has 1 amide bonds. The number of rotatable bonds is 10. The quantitative estimate of drug-likeness (QED) is 0.167. The van der Waals surface area contributed by atoms with Crippen molar-refractivity contribution in [3.05, 3.63) is 107 Å². The third-order valence-corrected chi connectivity index (χ3v) is 9.82. The van der Waals surface area contributed by atoms with Crippen molar-refractivity contribution in [1.29, 1.82) is 0 Å². The van der Waals surface area contributed by atoms with Gasteiger partial charge in [0.1, 0.15) is 17.2 Å². The number of benzene rings is 3. The third-order valence-electron chi connectivity index (χ3n) is 7.94. The maximum absolute atomic E-state index is 13.5. The zero-order valence-corrected chi connectivity index (χ0v) is 28.6. The highest BCUT2D eigenvalue weighted by Gasteiger charge is 2.28. The van der Waals surface area contributed by atoms with Crippen molar-refractivity contribution < 1.29 is 35.9 Å². The minimum atomic E-state index is -4.39. The number of halogens is 4. The Labute approximate surface area is 289 Å². The maximum Gasteiger partial charge on any atom is 0.422 e. The molecule has 0 aliphatic carbocycles. The fourth-order valence-electron chi connectivity index (χ4n) is 5.43. The summed E-state index contributed by atoms with van der Waals surface area (Å²) < 4.78 is 78.3. The Bertz CT molecular complexity index is 2070. The highest BCUT2D eigenvalue weighted by atomic mass is 79.9. The number of carbonyl (C=O) groups is 1. The van der Waals surface area contributed by atoms with Crippen LogP contribution in [0.5, 0.6) is 17.4 Å². The Morgan fingerprint density at radius 3 is 2.35 bits per heavy atom. The van der Waals surface area contributed by atoms with Gasteiger partial charge in [-0.2, -0.15) is 13.2 Å². The van der Waals surface area contributed by atoms with E-state index in [1.807, 2.05) is 34.7 Å². The molecular weight excluding hydrogens is 727 g/mol. The number of fused-ring (bicyclic) bond motifs is 1. The molecule has 1 N–H and O–H groups in total. The van der Waals surface area contributed by atoms with Crippen molar-refractivity contribution in [1.82, 2.24) is 19.4 Å². The predicted octanol–water partition coefficient (Wildman–Crippen LogP) is 6.83. The van der Waals surface area contributed by atoms with E-state index in [1.165, 1.54) is 30.5 Å². The number of nitrogens with zero attached hydrogens (tertiary/aromatic N) is 4. The SMILES string of the molecule is Cn1c(C(=O)N2CCN(Cc3ccc(OCC(F)(F)F)cc3)CC2)cc2ccc(Oc3ccc(NS(=O)(=O)c4cccc(Br)c4)cn3)cc21. The molecule has 1 fully saturated rings. The average Bonchev–Trinajstić information content (AvgIpc) is 3.40. The van der Waals surface area contributed by atoms with Crippen LogP contribution >= 0.6 is 15.9 Å². The molecule has 0 unspecified atom stereocenters. The number of nitrogens with one attached hydrogen (secondary N) is 1. The largest absolute Gasteiger partial charge is 0.484 e. The van der Waals surface area contributed by atoms with Crippen LogP contribution in [0.3, 0.4) is 0 Å². The van der Waals surface area contributed by atoms with Crippen LogP contribution in [0.25, 0.3) is 10.9 Å². The molecule has 1 aliphatic heterocycles. The minimum absolute atomic E-state index is 0.0884. The topological polar surface area (TPSA) is 106 Å². The van der Waals surface area contributed by atoms with Gasteiger partial charge in [0, 0.05) is 61.8 Å². The molecule has 1 saturated heterocycles. The maximum atomic E-state index is 13.5. The molecule has 0 saturated carbocycles. The number of alkyl halides is 3. The average molecular weight is 759 g/mol. The van der Waals surface area contributed by atoms with Gasteiger partial charge in [0.05, 0.1) is 22.3 Å². The van der Waals surface area contributed by atoms with Crippen LogP contribution < -0.4 is 14.2 Å². The van der Waals surface area contributed by atoms with Crippen molar-refractivity contribution >= 4 is 48.5 Å². The number of sulfonamides is 1. The first-order valence-electron chi connectivity index (χ1n) is 15.1. The molecular formula is C34H31BrF3N5O5S. The van der Waals surface area contributed by atoms with E-state index in [0.29, 0.717) is 48.6 Å². The monoisotopic (exact) mass is 757 g/mol. The van der Waals surface area contributed by atoms with Crippen LogP contribution in [0.4, 0.5) is 18.9 Å². The first-order chi connectivity index (χ1) is 23.3. The molecule has 5 aromatic rings. The standard InChI is InChI=1S/C34H31BrF3N5O5S/c1-41-30-19-28(48-32-12-8-26(20-39-32)40-49(45,46)29-4-2-3-25(35)18-29)11-7-24(30)17-31(41)33(44)43-15-13-42(14-16-43)21-23-5-9-27(10-6-23)47-22-34(36,37)38/h2-12,17-20,40H,13-16,21-22H2,1H3. The summed E-state index contributed by atoms with van der Waals surface area (Å²) >= 11 is 3.28. The highest BCUT2D eigenvalue weighted by Crippen LogP contribution is 2.29. The van der Waals surface area contributed by atoms with Gasteiger partial charge in [0.25, 0.3) is 15.9 Å². The summed E-state index contributed by atoms with van der Waals surface area (Å²) in [4.78, 5) is 21.9. The van der Waals surface area contributed by atoms with Crippen LogP contribution in [-0.2, 0) is 23.6 Å². The van der Waals surface area contributed by atoms with Gasteiger partial charge in [0.2, 0.25) is 5.88 Å². The number of hydrogen-bond donors (Lipinski definition) is 1. The fraction of sp³-hybridized carbons (Fsp3) is 0.235. The van der Waals surface area contributed by atoms with Crippen LogP contribution in [0.1, 0.15) is 16.1 Å². The van der Waals surface area contributed by atoms with Crippen molar-refractivity contribution in [2.24, 2.45) is 7.05 Å². The number of ether oxygens (including phenoxy) is 2. The molecule has 49 heavy (non-hydrogen) atoms. The lowest BCUT2D eigenvalue weighted by Gasteiger charge is -2.34. The van der Waals surface area contributed by atoms with Crippen molar-refractivity contribution in [2.75, 3.05) is 37.5 Å². The van der Waals surface area contributed by atoms with Crippen LogP contribution in [0.15, 0.2) is 100 Å². The predicted molar refractivity (Wildman–Crippen MR) is 181 cm³/mol. The van der Waals surface area contributed by atoms with Gasteiger partial charge >= 0.3 is 6.18 Å². The summed E-state index contributed by atoms with van der Waals surface area (Å²) in [5, 5.41) is 0.866. The number of pyridine rings is 1. The lowest BCUT2D eigenvalue weighted by Crippen LogP contribution is -2.48. The summed E-state index contributed by atoms with van der Waals surface area (Å²) in [5.74, 6) is 0.834. The molecule has 0 atom stereocenters. The Kier molecular flexibility index (Phi) is 9.86. The number of aryl methyl sites for hydroxylation is 1. The lowest BCUT2D eigenvalue weighted by atomic mass is 10.2. The number of amides is 1. The summed E-state index contributed by atoms with van der Waals surface area (Å²) in [6, 6.07) is 23.3. The second-order valence-electron chi connectivity index (χ2n) is 11.5. The zero-order chi connectivity index (χ0) is 34.8. The Morgan fingerprint density at radius 1 is 0.939 bits per heavy atom. The molecule has 6 rings (SSSR count). The molecule has 0 spiro atoms. The van der Waals surface area contributed by atoms with Gasteiger partial charge in [0.15, 0.2) is 6.61 Å². The molecule has 1 aliphatic rings. The second kappa shape index (κ2) is 14.1. The second-order valence-corrected chi connectivity index (χ2v) is 14.1. The van der Waals surface area contributed by atoms with E-state index in [0.717, 1.165) is 16.5 Å². The smallest absolute Gasteiger partial charge is 0.422 e. The van der Waals surface area contributed by atoms with Gasteiger partial charge < -0.3 is 18.9 Å². The molecule has 15 heteroatoms. The van der Waals surface area contributed by atoms with Gasteiger partial charge in [-0.15, -0.1) is 0 Å². The minimum Gasteiger partial charge on any atom is -0.484 e. The Hall–Kier alpha value is -4.60. The molecule has 0 bridgehead atoms. The van der Waals surface area contributed by atoms with Crippen LogP contribution in [0.2, 0.25) is 0 Å². The van der Waals surface area contributed by atoms with Crippen molar-refractivity contribution in [3.8, 4) is 17.4 Å². The lowest BCUT2D eigenvalue weighted by molar-refractivity contribution is -0.153. The molecule has 10 nitrogen and oxygen atoms in total.